The molecule has 1 saturated carbocycles. The molecule has 0 aliphatic heterocycles. The van der Waals surface area contributed by atoms with Gasteiger partial charge in [0.1, 0.15) is 5.58 Å². The summed E-state index contributed by atoms with van der Waals surface area (Å²) in [6.07, 6.45) is 2.71. The number of benzene rings is 1. The summed E-state index contributed by atoms with van der Waals surface area (Å²) in [4.78, 5) is 2.42. The number of likely N-dealkylation sites (N-methyl/N-ethyl adjacent to an activating group) is 1. The number of hydrogen-bond donors (Lipinski definition) is 1. The van der Waals surface area contributed by atoms with Crippen molar-refractivity contribution in [3.63, 3.8) is 0 Å². The second kappa shape index (κ2) is 5.53. The van der Waals surface area contributed by atoms with E-state index in [1.54, 1.807) is 0 Å². The zero-order chi connectivity index (χ0) is 13.2. The van der Waals surface area contributed by atoms with E-state index >= 15 is 0 Å². The normalized spacial score (nSPS) is 15.5. The van der Waals surface area contributed by atoms with Gasteiger partial charge in [-0.15, -0.1) is 0 Å². The highest BCUT2D eigenvalue weighted by Gasteiger charge is 2.25. The van der Waals surface area contributed by atoms with E-state index in [2.05, 4.69) is 23.3 Å². The number of nitrogens with zero attached hydrogens (tertiary/aromatic N) is 1. The molecule has 0 atom stereocenters. The predicted octanol–water partition coefficient (Wildman–Crippen LogP) is 3.27. The molecule has 102 valence electrons. The van der Waals surface area contributed by atoms with Gasteiger partial charge in [-0.2, -0.15) is 0 Å². The minimum atomic E-state index is 0.504. The molecule has 0 bridgehead atoms. The largest absolute Gasteiger partial charge is 0.444 e. The summed E-state index contributed by atoms with van der Waals surface area (Å²) in [6.45, 7) is 2.81. The van der Waals surface area contributed by atoms with Gasteiger partial charge in [0.25, 0.3) is 0 Å². The van der Waals surface area contributed by atoms with E-state index in [1.165, 1.54) is 12.8 Å². The summed E-state index contributed by atoms with van der Waals surface area (Å²) in [6, 6.07) is 8.80. The minimum Gasteiger partial charge on any atom is -0.444 e. The third-order valence-electron chi connectivity index (χ3n) is 3.76. The maximum Gasteiger partial charge on any atom is 0.199 e. The molecule has 0 spiro atoms. The van der Waals surface area contributed by atoms with Crippen molar-refractivity contribution in [2.75, 3.05) is 20.1 Å². The van der Waals surface area contributed by atoms with Crippen LogP contribution < -0.4 is 5.32 Å². The van der Waals surface area contributed by atoms with Crippen LogP contribution in [0.5, 0.6) is 0 Å². The molecule has 19 heavy (non-hydrogen) atoms. The average Bonchev–Trinajstić information content (AvgIpc) is 3.20. The SMILES string of the molecule is CN(CCNCc1c(Cl)oc2ccccc12)C1CC1. The molecule has 1 N–H and O–H groups in total. The van der Waals surface area contributed by atoms with Gasteiger partial charge in [-0.1, -0.05) is 18.2 Å². The Kier molecular flexibility index (Phi) is 3.78. The van der Waals surface area contributed by atoms with Gasteiger partial charge >= 0.3 is 0 Å². The van der Waals surface area contributed by atoms with Crippen molar-refractivity contribution in [3.8, 4) is 0 Å². The Balaban J connectivity index is 1.57. The van der Waals surface area contributed by atoms with E-state index in [4.69, 9.17) is 16.0 Å². The molecule has 1 aromatic carbocycles. The Hall–Kier alpha value is -1.03. The number of fused-ring (bicyclic) bond motifs is 1. The van der Waals surface area contributed by atoms with Gasteiger partial charge in [0.15, 0.2) is 5.22 Å². The molecule has 1 heterocycles. The highest BCUT2D eigenvalue weighted by molar-refractivity contribution is 6.30. The fourth-order valence-corrected chi connectivity index (χ4v) is 2.65. The second-order valence-corrected chi connectivity index (χ2v) is 5.58. The summed E-state index contributed by atoms with van der Waals surface area (Å²) >= 11 is 6.15. The third kappa shape index (κ3) is 2.94. The second-order valence-electron chi connectivity index (χ2n) is 5.24. The number of halogens is 1. The van der Waals surface area contributed by atoms with Crippen molar-refractivity contribution in [1.82, 2.24) is 10.2 Å². The first-order valence-corrected chi connectivity index (χ1v) is 7.20. The molecule has 4 heteroatoms. The van der Waals surface area contributed by atoms with E-state index in [9.17, 15) is 0 Å². The Morgan fingerprint density at radius 1 is 1.37 bits per heavy atom. The maximum absolute atomic E-state index is 6.15. The van der Waals surface area contributed by atoms with Gasteiger partial charge in [-0.3, -0.25) is 0 Å². The topological polar surface area (TPSA) is 28.4 Å². The maximum atomic E-state index is 6.15. The van der Waals surface area contributed by atoms with Gasteiger partial charge in [-0.25, -0.2) is 0 Å². The lowest BCUT2D eigenvalue weighted by molar-refractivity contribution is 0.321. The van der Waals surface area contributed by atoms with Crippen molar-refractivity contribution in [3.05, 3.63) is 35.0 Å². The monoisotopic (exact) mass is 278 g/mol. The van der Waals surface area contributed by atoms with Crippen LogP contribution >= 0.6 is 11.6 Å². The van der Waals surface area contributed by atoms with Crippen LogP contribution in [0.1, 0.15) is 18.4 Å². The van der Waals surface area contributed by atoms with Crippen LogP contribution in [0.25, 0.3) is 11.0 Å². The molecule has 2 aromatic rings. The molecular formula is C15H19ClN2O. The summed E-state index contributed by atoms with van der Waals surface area (Å²) in [5, 5.41) is 5.06. The van der Waals surface area contributed by atoms with Gasteiger partial charge in [0.05, 0.1) is 0 Å². The summed E-state index contributed by atoms with van der Waals surface area (Å²) in [5.74, 6) is 0. The van der Waals surface area contributed by atoms with Crippen molar-refractivity contribution in [2.45, 2.75) is 25.4 Å². The summed E-state index contributed by atoms with van der Waals surface area (Å²) in [5.41, 5.74) is 1.92. The number of rotatable bonds is 6. The molecular weight excluding hydrogens is 260 g/mol. The lowest BCUT2D eigenvalue weighted by Gasteiger charge is -2.15. The zero-order valence-electron chi connectivity index (χ0n) is 11.2. The number of furan rings is 1. The van der Waals surface area contributed by atoms with Crippen LogP contribution in [0.4, 0.5) is 0 Å². The number of nitrogens with one attached hydrogen (secondary N) is 1. The molecule has 3 nitrogen and oxygen atoms in total. The summed E-state index contributed by atoms with van der Waals surface area (Å²) < 4.78 is 5.54. The standard InChI is InChI=1S/C15H19ClN2O/c1-18(11-6-7-11)9-8-17-10-13-12-4-2-3-5-14(12)19-15(13)16/h2-5,11,17H,6-10H2,1H3. The van der Waals surface area contributed by atoms with Crippen LogP contribution in [0.3, 0.4) is 0 Å². The third-order valence-corrected chi connectivity index (χ3v) is 4.07. The van der Waals surface area contributed by atoms with Crippen molar-refractivity contribution in [2.24, 2.45) is 0 Å². The summed E-state index contributed by atoms with van der Waals surface area (Å²) in [7, 11) is 2.19. The molecule has 1 aromatic heterocycles. The first-order valence-electron chi connectivity index (χ1n) is 6.82. The van der Waals surface area contributed by atoms with Crippen LogP contribution in [0, 0.1) is 0 Å². The molecule has 0 radical (unpaired) electrons. The first kappa shape index (κ1) is 13.0. The Labute approximate surface area is 118 Å². The van der Waals surface area contributed by atoms with Crippen LogP contribution in [0.2, 0.25) is 5.22 Å². The molecule has 0 amide bonds. The molecule has 0 unspecified atom stereocenters. The van der Waals surface area contributed by atoms with E-state index in [-0.39, 0.29) is 0 Å². The number of hydrogen-bond acceptors (Lipinski definition) is 3. The van der Waals surface area contributed by atoms with Crippen molar-refractivity contribution >= 4 is 22.6 Å². The molecule has 1 fully saturated rings. The lowest BCUT2D eigenvalue weighted by Crippen LogP contribution is -2.30. The fraction of sp³-hybridized carbons (Fsp3) is 0.467. The highest BCUT2D eigenvalue weighted by Crippen LogP contribution is 2.29. The lowest BCUT2D eigenvalue weighted by atomic mass is 10.2. The van der Waals surface area contributed by atoms with Crippen LogP contribution in [0.15, 0.2) is 28.7 Å². The molecule has 0 saturated heterocycles. The van der Waals surface area contributed by atoms with E-state index in [0.29, 0.717) is 5.22 Å². The smallest absolute Gasteiger partial charge is 0.199 e. The average molecular weight is 279 g/mol. The Morgan fingerprint density at radius 3 is 2.95 bits per heavy atom. The Bertz CT molecular complexity index is 562. The Morgan fingerprint density at radius 2 is 2.16 bits per heavy atom. The van der Waals surface area contributed by atoms with Gasteiger partial charge in [-0.05, 0) is 37.6 Å². The van der Waals surface area contributed by atoms with Crippen molar-refractivity contribution < 1.29 is 4.42 Å². The minimum absolute atomic E-state index is 0.504. The van der Waals surface area contributed by atoms with E-state index in [0.717, 1.165) is 42.2 Å². The molecule has 3 rings (SSSR count). The fourth-order valence-electron chi connectivity index (χ4n) is 2.40. The van der Waals surface area contributed by atoms with E-state index in [1.807, 2.05) is 18.2 Å². The van der Waals surface area contributed by atoms with E-state index < -0.39 is 0 Å². The van der Waals surface area contributed by atoms with Gasteiger partial charge < -0.3 is 14.6 Å². The number of para-hydroxylation sites is 1. The van der Waals surface area contributed by atoms with Crippen LogP contribution in [-0.2, 0) is 6.54 Å². The molecule has 1 aliphatic rings. The van der Waals surface area contributed by atoms with Gasteiger partial charge in [0.2, 0.25) is 0 Å². The van der Waals surface area contributed by atoms with Gasteiger partial charge in [0, 0.05) is 36.6 Å². The zero-order valence-corrected chi connectivity index (χ0v) is 11.9. The molecule has 1 aliphatic carbocycles. The van der Waals surface area contributed by atoms with Crippen LogP contribution in [-0.4, -0.2) is 31.1 Å². The first-order chi connectivity index (χ1) is 9.25. The quantitative estimate of drug-likeness (QED) is 0.822. The highest BCUT2D eigenvalue weighted by atomic mass is 35.5. The predicted molar refractivity (Wildman–Crippen MR) is 78.6 cm³/mol. The van der Waals surface area contributed by atoms with Crippen molar-refractivity contribution in [1.29, 1.82) is 0 Å².